The molecule has 0 amide bonds. The highest BCUT2D eigenvalue weighted by atomic mass is 19.4. The van der Waals surface area contributed by atoms with E-state index in [0.29, 0.717) is 18.9 Å². The summed E-state index contributed by atoms with van der Waals surface area (Å²) in [6.45, 7) is 1.40. The van der Waals surface area contributed by atoms with E-state index < -0.39 is 29.1 Å². The van der Waals surface area contributed by atoms with Gasteiger partial charge in [0, 0.05) is 11.5 Å². The molecule has 100 valence electrons. The summed E-state index contributed by atoms with van der Waals surface area (Å²) in [7, 11) is 0. The first-order valence-corrected chi connectivity index (χ1v) is 5.78. The van der Waals surface area contributed by atoms with Gasteiger partial charge in [0.15, 0.2) is 0 Å². The number of rotatable bonds is 2. The molecule has 0 aromatic heterocycles. The van der Waals surface area contributed by atoms with Crippen molar-refractivity contribution in [2.24, 2.45) is 5.92 Å². The third-order valence-electron chi connectivity index (χ3n) is 3.41. The fourth-order valence-corrected chi connectivity index (χ4v) is 2.15. The molecular formula is C13H13F5. The Balaban J connectivity index is 2.41. The van der Waals surface area contributed by atoms with Crippen LogP contribution in [0, 0.1) is 12.8 Å². The Morgan fingerprint density at radius 2 is 1.50 bits per heavy atom. The molecule has 0 spiro atoms. The van der Waals surface area contributed by atoms with Gasteiger partial charge < -0.3 is 0 Å². The van der Waals surface area contributed by atoms with Crippen LogP contribution in [0.1, 0.15) is 36.0 Å². The van der Waals surface area contributed by atoms with E-state index in [4.69, 9.17) is 0 Å². The minimum atomic E-state index is -4.59. The summed E-state index contributed by atoms with van der Waals surface area (Å²) in [5, 5.41) is 0. The Hall–Kier alpha value is -1.13. The summed E-state index contributed by atoms with van der Waals surface area (Å²) in [5.74, 6) is -3.98. The quantitative estimate of drug-likeness (QED) is 0.666. The fraction of sp³-hybridized carbons (Fsp3) is 0.538. The summed E-state index contributed by atoms with van der Waals surface area (Å²) in [4.78, 5) is 0. The molecule has 1 aliphatic rings. The molecule has 1 saturated carbocycles. The lowest BCUT2D eigenvalue weighted by Crippen LogP contribution is -2.31. The molecule has 0 heterocycles. The van der Waals surface area contributed by atoms with Gasteiger partial charge in [0.2, 0.25) is 0 Å². The van der Waals surface area contributed by atoms with Crippen molar-refractivity contribution in [2.75, 3.05) is 0 Å². The van der Waals surface area contributed by atoms with Crippen molar-refractivity contribution in [1.82, 2.24) is 0 Å². The molecule has 1 aromatic rings. The maximum atomic E-state index is 14.0. The van der Waals surface area contributed by atoms with E-state index in [1.807, 2.05) is 0 Å². The number of hydrogen-bond acceptors (Lipinski definition) is 0. The average Bonchev–Trinajstić information content (AvgIpc) is 2.11. The SMILES string of the molecule is Cc1cc(C(F)(F)F)cc(C(F)(F)C2CCC2)c1. The molecule has 0 nitrogen and oxygen atoms in total. The maximum Gasteiger partial charge on any atom is 0.416 e. The van der Waals surface area contributed by atoms with Crippen LogP contribution in [0.4, 0.5) is 22.0 Å². The van der Waals surface area contributed by atoms with Crippen LogP contribution in [0.15, 0.2) is 18.2 Å². The van der Waals surface area contributed by atoms with Gasteiger partial charge >= 0.3 is 6.18 Å². The highest BCUT2D eigenvalue weighted by Crippen LogP contribution is 2.47. The Morgan fingerprint density at radius 1 is 0.944 bits per heavy atom. The highest BCUT2D eigenvalue weighted by molar-refractivity contribution is 5.34. The van der Waals surface area contributed by atoms with E-state index in [1.165, 1.54) is 6.92 Å². The first-order chi connectivity index (χ1) is 8.21. The summed E-state index contributed by atoms with van der Waals surface area (Å²) in [5.41, 5.74) is -1.31. The summed E-state index contributed by atoms with van der Waals surface area (Å²) in [6, 6.07) is 2.61. The molecule has 2 rings (SSSR count). The lowest BCUT2D eigenvalue weighted by atomic mass is 9.77. The van der Waals surface area contributed by atoms with Crippen molar-refractivity contribution in [1.29, 1.82) is 0 Å². The largest absolute Gasteiger partial charge is 0.416 e. The third kappa shape index (κ3) is 2.35. The molecule has 1 fully saturated rings. The van der Waals surface area contributed by atoms with Gasteiger partial charge in [0.05, 0.1) is 5.56 Å². The normalized spacial score (nSPS) is 17.7. The van der Waals surface area contributed by atoms with E-state index in [9.17, 15) is 22.0 Å². The monoisotopic (exact) mass is 264 g/mol. The maximum absolute atomic E-state index is 14.0. The number of benzene rings is 1. The van der Waals surface area contributed by atoms with Gasteiger partial charge in [-0.3, -0.25) is 0 Å². The van der Waals surface area contributed by atoms with Gasteiger partial charge in [-0.15, -0.1) is 0 Å². The predicted molar refractivity (Wildman–Crippen MR) is 57.4 cm³/mol. The summed E-state index contributed by atoms with van der Waals surface area (Å²) >= 11 is 0. The van der Waals surface area contributed by atoms with E-state index >= 15 is 0 Å². The summed E-state index contributed by atoms with van der Waals surface area (Å²) < 4.78 is 65.7. The molecular weight excluding hydrogens is 251 g/mol. The fourth-order valence-electron chi connectivity index (χ4n) is 2.15. The van der Waals surface area contributed by atoms with Crippen molar-refractivity contribution in [3.05, 3.63) is 34.9 Å². The van der Waals surface area contributed by atoms with Crippen LogP contribution in [0.2, 0.25) is 0 Å². The molecule has 1 aromatic carbocycles. The minimum Gasteiger partial charge on any atom is -0.201 e. The van der Waals surface area contributed by atoms with Crippen LogP contribution in [0.5, 0.6) is 0 Å². The van der Waals surface area contributed by atoms with Crippen molar-refractivity contribution < 1.29 is 22.0 Å². The molecule has 18 heavy (non-hydrogen) atoms. The van der Waals surface area contributed by atoms with Crippen molar-refractivity contribution in [3.8, 4) is 0 Å². The molecule has 0 bridgehead atoms. The van der Waals surface area contributed by atoms with Gasteiger partial charge in [-0.25, -0.2) is 8.78 Å². The van der Waals surface area contributed by atoms with E-state index in [1.54, 1.807) is 0 Å². The van der Waals surface area contributed by atoms with Crippen LogP contribution in [0.25, 0.3) is 0 Å². The topological polar surface area (TPSA) is 0 Å². The van der Waals surface area contributed by atoms with Gasteiger partial charge in [-0.1, -0.05) is 18.1 Å². The average molecular weight is 264 g/mol. The van der Waals surface area contributed by atoms with Gasteiger partial charge in [0.1, 0.15) is 0 Å². The Bertz CT molecular complexity index is 443. The summed E-state index contributed by atoms with van der Waals surface area (Å²) in [6.07, 6.45) is -3.11. The Morgan fingerprint density at radius 3 is 1.94 bits per heavy atom. The van der Waals surface area contributed by atoms with Crippen LogP contribution in [-0.4, -0.2) is 0 Å². The second-order valence-electron chi connectivity index (χ2n) is 4.84. The van der Waals surface area contributed by atoms with Crippen LogP contribution in [0.3, 0.4) is 0 Å². The van der Waals surface area contributed by atoms with E-state index in [-0.39, 0.29) is 5.56 Å². The molecule has 0 saturated heterocycles. The lowest BCUT2D eigenvalue weighted by Gasteiger charge is -2.34. The standard InChI is InChI=1S/C13H13F5/c1-8-5-10(7-11(6-8)13(16,17)18)12(14,15)9-3-2-4-9/h5-7,9H,2-4H2,1H3. The number of aryl methyl sites for hydroxylation is 1. The number of alkyl halides is 5. The zero-order chi connectivity index (χ0) is 13.6. The van der Waals surface area contributed by atoms with Crippen LogP contribution < -0.4 is 0 Å². The molecule has 0 atom stereocenters. The molecule has 5 heteroatoms. The predicted octanol–water partition coefficient (Wildman–Crippen LogP) is 4.91. The second-order valence-corrected chi connectivity index (χ2v) is 4.84. The van der Waals surface area contributed by atoms with Crippen molar-refractivity contribution >= 4 is 0 Å². The van der Waals surface area contributed by atoms with Gasteiger partial charge in [-0.2, -0.15) is 13.2 Å². The van der Waals surface area contributed by atoms with E-state index in [0.717, 1.165) is 18.6 Å². The molecule has 0 N–H and O–H groups in total. The van der Waals surface area contributed by atoms with Crippen molar-refractivity contribution in [2.45, 2.75) is 38.3 Å². The zero-order valence-corrected chi connectivity index (χ0v) is 9.82. The van der Waals surface area contributed by atoms with E-state index in [2.05, 4.69) is 0 Å². The number of hydrogen-bond donors (Lipinski definition) is 0. The van der Waals surface area contributed by atoms with Crippen LogP contribution in [-0.2, 0) is 12.1 Å². The third-order valence-corrected chi connectivity index (χ3v) is 3.41. The molecule has 0 unspecified atom stereocenters. The zero-order valence-electron chi connectivity index (χ0n) is 9.82. The minimum absolute atomic E-state index is 0.207. The first-order valence-electron chi connectivity index (χ1n) is 5.78. The Labute approximate surface area is 102 Å². The molecule has 0 radical (unpaired) electrons. The molecule has 0 aliphatic heterocycles. The van der Waals surface area contributed by atoms with Gasteiger partial charge in [0.25, 0.3) is 5.92 Å². The lowest BCUT2D eigenvalue weighted by molar-refractivity contribution is -0.138. The van der Waals surface area contributed by atoms with Crippen LogP contribution >= 0.6 is 0 Å². The van der Waals surface area contributed by atoms with Crippen molar-refractivity contribution in [3.63, 3.8) is 0 Å². The molecule has 1 aliphatic carbocycles. The smallest absolute Gasteiger partial charge is 0.201 e. The highest BCUT2D eigenvalue weighted by Gasteiger charge is 2.45. The number of halogens is 5. The second kappa shape index (κ2) is 4.21. The first kappa shape index (κ1) is 13.3. The van der Waals surface area contributed by atoms with Gasteiger partial charge in [-0.05, 0) is 31.9 Å². The Kier molecular flexibility index (Phi) is 3.11.